The van der Waals surface area contributed by atoms with Crippen LogP contribution in [-0.4, -0.2) is 13.0 Å². The lowest BCUT2D eigenvalue weighted by atomic mass is 9.94. The second-order valence-electron chi connectivity index (χ2n) is 5.82. The van der Waals surface area contributed by atoms with Gasteiger partial charge in [0.15, 0.2) is 0 Å². The Balaban J connectivity index is 1.91. The number of methoxy groups -OCH3 is 1. The van der Waals surface area contributed by atoms with Gasteiger partial charge in [-0.25, -0.2) is 0 Å². The second kappa shape index (κ2) is 6.06. The number of carbonyl (C=O) groups is 1. The first kappa shape index (κ1) is 16.2. The molecule has 1 aliphatic rings. The van der Waals surface area contributed by atoms with Gasteiger partial charge in [0.25, 0.3) is 0 Å². The first-order valence-electron chi connectivity index (χ1n) is 7.38. The van der Waals surface area contributed by atoms with Crippen LogP contribution in [0.4, 0.5) is 5.69 Å². The molecule has 0 unspecified atom stereocenters. The van der Waals surface area contributed by atoms with Crippen LogP contribution in [0, 0.1) is 6.92 Å². The molecular weight excluding hydrogens is 333 g/mol. The monoisotopic (exact) mass is 349 g/mol. The van der Waals surface area contributed by atoms with Crippen LogP contribution in [0.5, 0.6) is 5.75 Å². The van der Waals surface area contributed by atoms with Gasteiger partial charge in [0.2, 0.25) is 5.91 Å². The van der Waals surface area contributed by atoms with Gasteiger partial charge in [0.05, 0.1) is 18.2 Å². The van der Waals surface area contributed by atoms with Gasteiger partial charge in [0, 0.05) is 16.1 Å². The third-order valence-corrected chi connectivity index (χ3v) is 5.04. The lowest BCUT2D eigenvalue weighted by Gasteiger charge is -2.19. The van der Waals surface area contributed by atoms with E-state index in [4.69, 9.17) is 27.9 Å². The summed E-state index contributed by atoms with van der Waals surface area (Å²) in [5, 5.41) is 4.20. The molecule has 5 heteroatoms. The third kappa shape index (κ3) is 2.91. The van der Waals surface area contributed by atoms with E-state index in [1.165, 1.54) is 0 Å². The van der Waals surface area contributed by atoms with Gasteiger partial charge in [-0.2, -0.15) is 0 Å². The predicted molar refractivity (Wildman–Crippen MR) is 93.7 cm³/mol. The summed E-state index contributed by atoms with van der Waals surface area (Å²) in [6.45, 7) is 1.89. The van der Waals surface area contributed by atoms with E-state index in [-0.39, 0.29) is 5.91 Å². The third-order valence-electron chi connectivity index (χ3n) is 4.30. The average molecular weight is 350 g/mol. The van der Waals surface area contributed by atoms with Crippen LogP contribution in [0.15, 0.2) is 36.4 Å². The molecule has 23 heavy (non-hydrogen) atoms. The van der Waals surface area contributed by atoms with Gasteiger partial charge in [-0.05, 0) is 43.0 Å². The van der Waals surface area contributed by atoms with E-state index in [0.717, 1.165) is 24.0 Å². The summed E-state index contributed by atoms with van der Waals surface area (Å²) in [5.74, 6) is 0.481. The zero-order valence-corrected chi connectivity index (χ0v) is 14.5. The second-order valence-corrected chi connectivity index (χ2v) is 6.63. The minimum atomic E-state index is -0.545. The average Bonchev–Trinajstić information content (AvgIpc) is 3.32. The largest absolute Gasteiger partial charge is 0.495 e. The molecule has 0 aromatic heterocycles. The highest BCUT2D eigenvalue weighted by atomic mass is 35.5. The van der Waals surface area contributed by atoms with E-state index in [2.05, 4.69) is 5.32 Å². The predicted octanol–water partition coefficient (Wildman–Crippen LogP) is 4.98. The highest BCUT2D eigenvalue weighted by molar-refractivity contribution is 6.32. The molecule has 0 atom stereocenters. The van der Waals surface area contributed by atoms with Crippen molar-refractivity contribution < 1.29 is 9.53 Å². The summed E-state index contributed by atoms with van der Waals surface area (Å²) in [6.07, 6.45) is 1.58. The molecule has 2 aromatic carbocycles. The Hall–Kier alpha value is -1.71. The molecule has 1 saturated carbocycles. The van der Waals surface area contributed by atoms with Gasteiger partial charge in [0.1, 0.15) is 5.75 Å². The number of benzene rings is 2. The summed E-state index contributed by atoms with van der Waals surface area (Å²) < 4.78 is 5.32. The van der Waals surface area contributed by atoms with E-state index in [9.17, 15) is 4.79 Å². The normalized spacial score (nSPS) is 15.1. The number of rotatable bonds is 4. The maximum absolute atomic E-state index is 12.9. The number of anilines is 1. The van der Waals surface area contributed by atoms with E-state index >= 15 is 0 Å². The fraction of sp³-hybridized carbons (Fsp3) is 0.278. The van der Waals surface area contributed by atoms with Crippen molar-refractivity contribution >= 4 is 34.8 Å². The van der Waals surface area contributed by atoms with Crippen molar-refractivity contribution in [3.63, 3.8) is 0 Å². The first-order chi connectivity index (χ1) is 11.0. The summed E-state index contributed by atoms with van der Waals surface area (Å²) in [4.78, 5) is 12.9. The zero-order chi connectivity index (χ0) is 16.6. The van der Waals surface area contributed by atoms with Crippen LogP contribution in [0.25, 0.3) is 0 Å². The number of halogens is 2. The van der Waals surface area contributed by atoms with Crippen molar-refractivity contribution in [2.75, 3.05) is 12.4 Å². The molecule has 0 aliphatic heterocycles. The van der Waals surface area contributed by atoms with Crippen molar-refractivity contribution in [3.05, 3.63) is 57.6 Å². The summed E-state index contributed by atoms with van der Waals surface area (Å²) in [6, 6.07) is 11.0. The summed E-state index contributed by atoms with van der Waals surface area (Å²) in [5.41, 5.74) is 1.84. The smallest absolute Gasteiger partial charge is 0.235 e. The fourth-order valence-electron chi connectivity index (χ4n) is 2.76. The lowest BCUT2D eigenvalue weighted by molar-refractivity contribution is -0.118. The number of ether oxygens (including phenoxy) is 1. The maximum Gasteiger partial charge on any atom is 0.235 e. The Labute approximate surface area is 145 Å². The Morgan fingerprint density at radius 1 is 1.17 bits per heavy atom. The molecule has 3 rings (SSSR count). The minimum absolute atomic E-state index is 0.0642. The molecule has 2 aromatic rings. The molecule has 0 heterocycles. The van der Waals surface area contributed by atoms with Crippen molar-refractivity contribution in [2.45, 2.75) is 25.2 Å². The molecule has 1 aliphatic carbocycles. The number of hydrogen-bond acceptors (Lipinski definition) is 2. The molecule has 1 N–H and O–H groups in total. The van der Waals surface area contributed by atoms with Crippen LogP contribution >= 0.6 is 23.2 Å². The van der Waals surface area contributed by atoms with E-state index in [0.29, 0.717) is 21.5 Å². The Kier molecular flexibility index (Phi) is 4.26. The van der Waals surface area contributed by atoms with Gasteiger partial charge >= 0.3 is 0 Å². The van der Waals surface area contributed by atoms with Gasteiger partial charge in [-0.3, -0.25) is 4.79 Å². The maximum atomic E-state index is 12.9. The first-order valence-corrected chi connectivity index (χ1v) is 8.14. The van der Waals surface area contributed by atoms with Gasteiger partial charge in [-0.15, -0.1) is 0 Å². The molecule has 0 bridgehead atoms. The summed E-state index contributed by atoms with van der Waals surface area (Å²) in [7, 11) is 1.55. The Morgan fingerprint density at radius 2 is 1.87 bits per heavy atom. The topological polar surface area (TPSA) is 38.3 Å². The van der Waals surface area contributed by atoms with E-state index in [1.807, 2.05) is 37.3 Å². The van der Waals surface area contributed by atoms with Crippen LogP contribution in [0.1, 0.15) is 24.0 Å². The molecule has 0 radical (unpaired) electrons. The van der Waals surface area contributed by atoms with E-state index < -0.39 is 5.41 Å². The van der Waals surface area contributed by atoms with Crippen LogP contribution in [-0.2, 0) is 10.2 Å². The number of hydrogen-bond donors (Lipinski definition) is 1. The molecule has 0 saturated heterocycles. The van der Waals surface area contributed by atoms with Crippen molar-refractivity contribution in [3.8, 4) is 5.75 Å². The van der Waals surface area contributed by atoms with Crippen molar-refractivity contribution in [2.24, 2.45) is 0 Å². The highest BCUT2D eigenvalue weighted by Crippen LogP contribution is 2.51. The van der Waals surface area contributed by atoms with Crippen LogP contribution in [0.2, 0.25) is 10.0 Å². The minimum Gasteiger partial charge on any atom is -0.495 e. The molecule has 3 nitrogen and oxygen atoms in total. The molecular formula is C18H17Cl2NO2. The van der Waals surface area contributed by atoms with Gasteiger partial charge < -0.3 is 10.1 Å². The van der Waals surface area contributed by atoms with Crippen molar-refractivity contribution in [1.82, 2.24) is 0 Å². The highest BCUT2D eigenvalue weighted by Gasteiger charge is 2.52. The van der Waals surface area contributed by atoms with E-state index in [1.54, 1.807) is 13.2 Å². The van der Waals surface area contributed by atoms with Crippen LogP contribution in [0.3, 0.4) is 0 Å². The van der Waals surface area contributed by atoms with Crippen LogP contribution < -0.4 is 10.1 Å². The summed E-state index contributed by atoms with van der Waals surface area (Å²) >= 11 is 12.4. The lowest BCUT2D eigenvalue weighted by Crippen LogP contribution is -2.28. The zero-order valence-electron chi connectivity index (χ0n) is 13.0. The number of carbonyl (C=O) groups excluding carboxylic acids is 1. The fourth-order valence-corrected chi connectivity index (χ4v) is 3.24. The van der Waals surface area contributed by atoms with Crippen molar-refractivity contribution in [1.29, 1.82) is 0 Å². The number of aryl methyl sites for hydroxylation is 1. The van der Waals surface area contributed by atoms with Gasteiger partial charge in [-0.1, -0.05) is 41.4 Å². The molecule has 120 valence electrons. The SMILES string of the molecule is COc1cc(Cl)c(C)cc1NC(=O)C1(c2ccccc2Cl)CC1. The molecule has 0 spiro atoms. The Bertz CT molecular complexity index is 770. The standard InChI is InChI=1S/C18H17Cl2NO2/c1-11-9-15(16(23-2)10-14(11)20)21-17(22)18(7-8-18)12-5-3-4-6-13(12)19/h3-6,9-10H,7-8H2,1-2H3,(H,21,22). The number of nitrogens with one attached hydrogen (secondary N) is 1. The quantitative estimate of drug-likeness (QED) is 0.844. The Morgan fingerprint density at radius 3 is 2.48 bits per heavy atom. The molecule has 1 amide bonds. The number of amides is 1. The molecule has 1 fully saturated rings.